The second-order valence-corrected chi connectivity index (χ2v) is 10.5. The minimum Gasteiger partial charge on any atom is -0.508 e. The smallest absolute Gasteiger partial charge is 0.256 e. The number of nitrogens with zero attached hydrogens (tertiary/aromatic N) is 1. The number of ketones is 2. The van der Waals surface area contributed by atoms with Gasteiger partial charge in [0.1, 0.15) is 17.1 Å². The first-order valence-electron chi connectivity index (χ1n) is 11.8. The van der Waals surface area contributed by atoms with Crippen LogP contribution < -0.4 is 21.3 Å². The van der Waals surface area contributed by atoms with Crippen molar-refractivity contribution in [1.29, 1.82) is 0 Å². The monoisotopic (exact) mass is 528 g/mol. The number of aromatic hydroxyl groups is 1. The van der Waals surface area contributed by atoms with E-state index in [-0.39, 0.29) is 47.7 Å². The number of hydrogen-bond donors (Lipinski definition) is 7. The van der Waals surface area contributed by atoms with Crippen LogP contribution in [-0.4, -0.2) is 70.0 Å². The zero-order chi connectivity index (χ0) is 28.7. The third-order valence-corrected chi connectivity index (χ3v) is 6.20. The third kappa shape index (κ3) is 5.49. The van der Waals surface area contributed by atoms with Gasteiger partial charge in [0.2, 0.25) is 17.5 Å². The molecule has 204 valence electrons. The Morgan fingerprint density at radius 2 is 1.71 bits per heavy atom. The molecule has 2 amide bonds. The number of rotatable bonds is 7. The van der Waals surface area contributed by atoms with Crippen LogP contribution in [-0.2, 0) is 25.6 Å². The number of Topliss-reactive ketones (excluding diaryl/α,β-unsaturated/α-hetero) is 2. The average Bonchev–Trinajstić information content (AvgIpc) is 2.80. The number of benzene rings is 1. The van der Waals surface area contributed by atoms with Crippen LogP contribution in [0.5, 0.6) is 5.75 Å². The second kappa shape index (κ2) is 10.2. The van der Waals surface area contributed by atoms with Gasteiger partial charge in [-0.3, -0.25) is 19.2 Å². The Bertz CT molecular complexity index is 1330. The van der Waals surface area contributed by atoms with Crippen molar-refractivity contribution in [2.24, 2.45) is 11.7 Å². The van der Waals surface area contributed by atoms with Crippen LogP contribution in [0.3, 0.4) is 0 Å². The van der Waals surface area contributed by atoms with Crippen LogP contribution >= 0.6 is 0 Å². The molecule has 1 atom stereocenters. The van der Waals surface area contributed by atoms with Crippen molar-refractivity contribution in [1.82, 2.24) is 5.32 Å². The maximum atomic E-state index is 12.6. The fourth-order valence-electron chi connectivity index (χ4n) is 4.38. The van der Waals surface area contributed by atoms with Crippen molar-refractivity contribution in [2.45, 2.75) is 39.2 Å². The molecule has 38 heavy (non-hydrogen) atoms. The number of aliphatic hydroxyl groups excluding tert-OH is 3. The molecule has 2 aliphatic rings. The Morgan fingerprint density at radius 1 is 1.08 bits per heavy atom. The van der Waals surface area contributed by atoms with Crippen LogP contribution in [0.25, 0.3) is 5.76 Å². The van der Waals surface area contributed by atoms with Gasteiger partial charge < -0.3 is 41.7 Å². The fourth-order valence-corrected chi connectivity index (χ4v) is 4.38. The van der Waals surface area contributed by atoms with Crippen LogP contribution in [0.4, 0.5) is 11.4 Å². The first-order valence-corrected chi connectivity index (χ1v) is 11.8. The van der Waals surface area contributed by atoms with E-state index >= 15 is 0 Å². The number of amides is 2. The number of nitrogens with two attached hydrogens (primary N) is 1. The van der Waals surface area contributed by atoms with E-state index in [1.165, 1.54) is 6.08 Å². The summed E-state index contributed by atoms with van der Waals surface area (Å²) in [7, 11) is 3.46. The SMILES string of the molecule is CN(C)c1cc(NC(=O)CNC(C)(C)C)c(O)c2c1C[C@@H](CC1=C(O)C(=O)C(C(N)=O)=C(O)C1=O)C=C2O. The molecule has 0 fully saturated rings. The lowest BCUT2D eigenvalue weighted by Gasteiger charge is -2.29. The highest BCUT2D eigenvalue weighted by molar-refractivity contribution is 6.33. The van der Waals surface area contributed by atoms with Gasteiger partial charge in [0, 0.05) is 30.9 Å². The molecule has 12 nitrogen and oxygen atoms in total. The highest BCUT2D eigenvalue weighted by Gasteiger charge is 2.39. The quantitative estimate of drug-likeness (QED) is 0.154. The predicted molar refractivity (Wildman–Crippen MR) is 140 cm³/mol. The first kappa shape index (κ1) is 28.3. The molecular weight excluding hydrogens is 496 g/mol. The van der Waals surface area contributed by atoms with Crippen LogP contribution in [0, 0.1) is 5.92 Å². The molecular formula is C26H32N4O8. The zero-order valence-corrected chi connectivity index (χ0v) is 21.8. The summed E-state index contributed by atoms with van der Waals surface area (Å²) in [4.78, 5) is 50.6. The summed E-state index contributed by atoms with van der Waals surface area (Å²) in [6.07, 6.45) is 1.24. The summed E-state index contributed by atoms with van der Waals surface area (Å²) in [5, 5.41) is 47.9. The predicted octanol–water partition coefficient (Wildman–Crippen LogP) is 1.51. The van der Waals surface area contributed by atoms with Crippen LogP contribution in [0.1, 0.15) is 38.3 Å². The van der Waals surface area contributed by atoms with Crippen molar-refractivity contribution < 1.29 is 39.6 Å². The molecule has 0 spiro atoms. The van der Waals surface area contributed by atoms with Crippen molar-refractivity contribution in [3.8, 4) is 5.75 Å². The summed E-state index contributed by atoms with van der Waals surface area (Å²) >= 11 is 0. The molecule has 1 aromatic rings. The average molecular weight is 529 g/mol. The lowest BCUT2D eigenvalue weighted by molar-refractivity contribution is -0.124. The van der Waals surface area contributed by atoms with E-state index in [0.29, 0.717) is 11.3 Å². The van der Waals surface area contributed by atoms with Gasteiger partial charge in [-0.15, -0.1) is 0 Å². The summed E-state index contributed by atoms with van der Waals surface area (Å²) in [5.41, 5.74) is 4.56. The summed E-state index contributed by atoms with van der Waals surface area (Å²) in [6.45, 7) is 5.70. The molecule has 0 unspecified atom stereocenters. The van der Waals surface area contributed by atoms with E-state index in [1.807, 2.05) is 20.8 Å². The number of nitrogens with one attached hydrogen (secondary N) is 2. The first-order chi connectivity index (χ1) is 17.5. The topological polar surface area (TPSA) is 203 Å². The number of carbonyl (C=O) groups is 4. The molecule has 1 aromatic carbocycles. The van der Waals surface area contributed by atoms with E-state index in [2.05, 4.69) is 10.6 Å². The minimum atomic E-state index is -1.35. The minimum absolute atomic E-state index is 0.00860. The standard InChI is InChI=1S/C26H32N4O8/c1-26(2,3)28-10-17(32)29-14-9-15(30(4)5)12-6-11(8-16(31)18(12)22(14)35)7-13-20(33)23(36)19(25(27)38)24(37)21(13)34/h8-9,11,28,31,33,35,37H,6-7,10H2,1-5H3,(H2,27,38)(H,29,32)/t11-/m0/s1. The molecule has 0 radical (unpaired) electrons. The molecule has 0 bridgehead atoms. The van der Waals surface area contributed by atoms with E-state index in [9.17, 15) is 39.6 Å². The van der Waals surface area contributed by atoms with E-state index in [4.69, 9.17) is 5.73 Å². The Kier molecular flexibility index (Phi) is 7.59. The molecule has 0 saturated carbocycles. The lowest BCUT2D eigenvalue weighted by Crippen LogP contribution is -2.41. The summed E-state index contributed by atoms with van der Waals surface area (Å²) in [5.74, 6) is -7.61. The molecule has 2 aliphatic carbocycles. The van der Waals surface area contributed by atoms with Crippen molar-refractivity contribution in [2.75, 3.05) is 30.9 Å². The Labute approximate surface area is 219 Å². The Morgan fingerprint density at radius 3 is 2.26 bits per heavy atom. The molecule has 0 heterocycles. The largest absolute Gasteiger partial charge is 0.508 e. The number of phenolic OH excluding ortho intramolecular Hbond substituents is 1. The number of carbonyl (C=O) groups excluding carboxylic acids is 4. The highest BCUT2D eigenvalue weighted by Crippen LogP contribution is 2.45. The highest BCUT2D eigenvalue weighted by atomic mass is 16.3. The Balaban J connectivity index is 1.96. The molecule has 0 saturated heterocycles. The van der Waals surface area contributed by atoms with Gasteiger partial charge in [-0.05, 0) is 57.2 Å². The number of primary amides is 1. The van der Waals surface area contributed by atoms with Gasteiger partial charge in [0.15, 0.2) is 11.5 Å². The number of phenols is 1. The van der Waals surface area contributed by atoms with Gasteiger partial charge in [-0.2, -0.15) is 0 Å². The normalized spacial score (nSPS) is 17.8. The van der Waals surface area contributed by atoms with E-state index in [1.54, 1.807) is 25.1 Å². The summed E-state index contributed by atoms with van der Waals surface area (Å²) in [6, 6.07) is 1.55. The fraction of sp³-hybridized carbons (Fsp3) is 0.385. The number of fused-ring (bicyclic) bond motifs is 1. The maximum absolute atomic E-state index is 12.6. The molecule has 0 aliphatic heterocycles. The van der Waals surface area contributed by atoms with Crippen LogP contribution in [0.2, 0.25) is 0 Å². The van der Waals surface area contributed by atoms with Crippen LogP contribution in [0.15, 0.2) is 34.8 Å². The van der Waals surface area contributed by atoms with Gasteiger partial charge in [0.25, 0.3) is 5.91 Å². The lowest BCUT2D eigenvalue weighted by atomic mass is 9.80. The summed E-state index contributed by atoms with van der Waals surface area (Å²) < 4.78 is 0. The van der Waals surface area contributed by atoms with E-state index in [0.717, 1.165) is 0 Å². The van der Waals surface area contributed by atoms with Gasteiger partial charge in [-0.1, -0.05) is 0 Å². The van der Waals surface area contributed by atoms with Gasteiger partial charge in [0.05, 0.1) is 17.8 Å². The van der Waals surface area contributed by atoms with Crippen molar-refractivity contribution >= 4 is 40.5 Å². The number of hydrogen-bond acceptors (Lipinski definition) is 10. The molecule has 8 N–H and O–H groups in total. The number of anilines is 2. The molecule has 3 rings (SSSR count). The van der Waals surface area contributed by atoms with Gasteiger partial charge >= 0.3 is 0 Å². The molecule has 0 aromatic heterocycles. The molecule has 12 heteroatoms. The van der Waals surface area contributed by atoms with E-state index < -0.39 is 52.0 Å². The zero-order valence-electron chi connectivity index (χ0n) is 21.8. The van der Waals surface area contributed by atoms with Crippen molar-refractivity contribution in [3.63, 3.8) is 0 Å². The number of aliphatic hydroxyl groups is 3. The second-order valence-electron chi connectivity index (χ2n) is 10.5. The maximum Gasteiger partial charge on any atom is 0.256 e. The van der Waals surface area contributed by atoms with Crippen molar-refractivity contribution in [3.05, 3.63) is 45.9 Å². The number of allylic oxidation sites excluding steroid dienone is 3. The Hall–Kier alpha value is -4.32. The van der Waals surface area contributed by atoms with Gasteiger partial charge in [-0.25, -0.2) is 0 Å². The third-order valence-electron chi connectivity index (χ3n) is 6.20.